The zero-order chi connectivity index (χ0) is 21.2. The second kappa shape index (κ2) is 11.2. The van der Waals surface area contributed by atoms with E-state index < -0.39 is 12.5 Å². The maximum atomic E-state index is 12.6. The van der Waals surface area contributed by atoms with Gasteiger partial charge in [0.25, 0.3) is 5.91 Å². The van der Waals surface area contributed by atoms with Gasteiger partial charge in [-0.15, -0.1) is 0 Å². The third-order valence-electron chi connectivity index (χ3n) is 4.34. The molecule has 0 unspecified atom stereocenters. The number of rotatable bonds is 11. The summed E-state index contributed by atoms with van der Waals surface area (Å²) >= 11 is 0. The first-order chi connectivity index (χ1) is 14.0. The fraction of sp³-hybridized carbons (Fsp3) is 0.381. The van der Waals surface area contributed by atoms with Crippen LogP contribution in [-0.4, -0.2) is 50.8 Å². The SMILES string of the molecule is CCN(CC)CCOc1ccccc1NC(=O)c1ccc(OC(F)F)c(OC)c1. The molecule has 0 saturated carbocycles. The van der Waals surface area contributed by atoms with Crippen molar-refractivity contribution < 1.29 is 27.8 Å². The van der Waals surface area contributed by atoms with Gasteiger partial charge in [-0.2, -0.15) is 8.78 Å². The number of ether oxygens (including phenoxy) is 3. The van der Waals surface area contributed by atoms with Crippen LogP contribution in [0.4, 0.5) is 14.5 Å². The number of alkyl halides is 2. The summed E-state index contributed by atoms with van der Waals surface area (Å²) in [5, 5.41) is 2.78. The molecule has 1 amide bonds. The lowest BCUT2D eigenvalue weighted by Gasteiger charge is -2.19. The molecule has 0 fully saturated rings. The predicted molar refractivity (Wildman–Crippen MR) is 107 cm³/mol. The van der Waals surface area contributed by atoms with E-state index in [1.165, 1.54) is 25.3 Å². The van der Waals surface area contributed by atoms with Crippen LogP contribution in [0.3, 0.4) is 0 Å². The second-order valence-electron chi connectivity index (χ2n) is 6.07. The first-order valence-corrected chi connectivity index (χ1v) is 9.36. The van der Waals surface area contributed by atoms with E-state index in [-0.39, 0.29) is 17.1 Å². The Morgan fingerprint density at radius 3 is 2.45 bits per heavy atom. The van der Waals surface area contributed by atoms with Crippen molar-refractivity contribution in [1.29, 1.82) is 0 Å². The Morgan fingerprint density at radius 1 is 1.07 bits per heavy atom. The highest BCUT2D eigenvalue weighted by atomic mass is 19.3. The minimum atomic E-state index is -2.98. The fourth-order valence-corrected chi connectivity index (χ4v) is 2.72. The lowest BCUT2D eigenvalue weighted by Crippen LogP contribution is -2.28. The summed E-state index contributed by atoms with van der Waals surface area (Å²) in [5.41, 5.74) is 0.755. The maximum Gasteiger partial charge on any atom is 0.387 e. The Kier molecular flexibility index (Phi) is 8.67. The van der Waals surface area contributed by atoms with E-state index in [2.05, 4.69) is 28.8 Å². The zero-order valence-electron chi connectivity index (χ0n) is 16.8. The number of hydrogen-bond acceptors (Lipinski definition) is 5. The van der Waals surface area contributed by atoms with E-state index in [0.717, 1.165) is 19.6 Å². The van der Waals surface area contributed by atoms with Crippen LogP contribution in [0.1, 0.15) is 24.2 Å². The number of carbonyl (C=O) groups excluding carboxylic acids is 1. The van der Waals surface area contributed by atoms with Crippen molar-refractivity contribution in [3.05, 3.63) is 48.0 Å². The number of nitrogens with one attached hydrogen (secondary N) is 1. The topological polar surface area (TPSA) is 60.0 Å². The van der Waals surface area contributed by atoms with Crippen molar-refractivity contribution in [2.45, 2.75) is 20.5 Å². The molecule has 2 aromatic rings. The second-order valence-corrected chi connectivity index (χ2v) is 6.07. The Labute approximate surface area is 169 Å². The van der Waals surface area contributed by atoms with Crippen LogP contribution in [-0.2, 0) is 0 Å². The van der Waals surface area contributed by atoms with Gasteiger partial charge in [0.05, 0.1) is 12.8 Å². The van der Waals surface area contributed by atoms with Crippen LogP contribution < -0.4 is 19.5 Å². The molecule has 0 aliphatic carbocycles. The number of amides is 1. The summed E-state index contributed by atoms with van der Waals surface area (Å²) in [6.07, 6.45) is 0. The van der Waals surface area contributed by atoms with E-state index in [0.29, 0.717) is 18.0 Å². The molecule has 8 heteroatoms. The lowest BCUT2D eigenvalue weighted by atomic mass is 10.1. The van der Waals surface area contributed by atoms with Crippen LogP contribution in [0, 0.1) is 0 Å². The minimum absolute atomic E-state index is 0.0432. The largest absolute Gasteiger partial charge is 0.493 e. The Balaban J connectivity index is 2.09. The van der Waals surface area contributed by atoms with Crippen LogP contribution in [0.2, 0.25) is 0 Å². The van der Waals surface area contributed by atoms with Crippen molar-refractivity contribution in [3.63, 3.8) is 0 Å². The standard InChI is InChI=1S/C21H26F2N2O4/c1-4-25(5-2)12-13-28-17-9-7-6-8-16(17)24-20(26)15-10-11-18(29-21(22)23)19(14-15)27-3/h6-11,14,21H,4-5,12-13H2,1-3H3,(H,24,26). The van der Waals surface area contributed by atoms with Gasteiger partial charge in [0.2, 0.25) is 0 Å². The van der Waals surface area contributed by atoms with Crippen molar-refractivity contribution in [2.75, 3.05) is 38.7 Å². The summed E-state index contributed by atoms with van der Waals surface area (Å²) in [5.74, 6) is 0.0326. The normalized spacial score (nSPS) is 10.9. The fourth-order valence-electron chi connectivity index (χ4n) is 2.72. The number of halogens is 2. The predicted octanol–water partition coefficient (Wildman–Crippen LogP) is 4.27. The number of benzene rings is 2. The molecule has 2 rings (SSSR count). The van der Waals surface area contributed by atoms with Gasteiger partial charge in [-0.3, -0.25) is 4.79 Å². The molecule has 0 atom stereocenters. The van der Waals surface area contributed by atoms with E-state index >= 15 is 0 Å². The number of hydrogen-bond donors (Lipinski definition) is 1. The molecule has 0 heterocycles. The van der Waals surface area contributed by atoms with Crippen molar-refractivity contribution in [2.24, 2.45) is 0 Å². The molecule has 6 nitrogen and oxygen atoms in total. The van der Waals surface area contributed by atoms with Crippen LogP contribution in [0.15, 0.2) is 42.5 Å². The van der Waals surface area contributed by atoms with Gasteiger partial charge < -0.3 is 24.4 Å². The molecular formula is C21H26F2N2O4. The highest BCUT2D eigenvalue weighted by Crippen LogP contribution is 2.30. The summed E-state index contributed by atoms with van der Waals surface area (Å²) in [4.78, 5) is 14.9. The number of methoxy groups -OCH3 is 1. The third kappa shape index (κ3) is 6.60. The molecule has 2 aromatic carbocycles. The first kappa shape index (κ1) is 22.4. The van der Waals surface area contributed by atoms with Gasteiger partial charge in [0.1, 0.15) is 12.4 Å². The van der Waals surface area contributed by atoms with Gasteiger partial charge in [-0.1, -0.05) is 26.0 Å². The van der Waals surface area contributed by atoms with Gasteiger partial charge in [0.15, 0.2) is 11.5 Å². The monoisotopic (exact) mass is 408 g/mol. The number of carbonyl (C=O) groups is 1. The average molecular weight is 408 g/mol. The molecule has 0 radical (unpaired) electrons. The Hall–Kier alpha value is -2.87. The average Bonchev–Trinajstić information content (AvgIpc) is 2.72. The molecule has 0 saturated heterocycles. The quantitative estimate of drug-likeness (QED) is 0.602. The van der Waals surface area contributed by atoms with E-state index in [4.69, 9.17) is 9.47 Å². The molecule has 0 aliphatic rings. The summed E-state index contributed by atoms with van der Waals surface area (Å²) in [7, 11) is 1.31. The molecular weight excluding hydrogens is 382 g/mol. The van der Waals surface area contributed by atoms with E-state index in [1.807, 2.05) is 6.07 Å². The van der Waals surface area contributed by atoms with Gasteiger partial charge in [0, 0.05) is 12.1 Å². The highest BCUT2D eigenvalue weighted by molar-refractivity contribution is 6.05. The Bertz CT molecular complexity index is 798. The number of para-hydroxylation sites is 2. The van der Waals surface area contributed by atoms with Crippen molar-refractivity contribution in [3.8, 4) is 17.2 Å². The van der Waals surface area contributed by atoms with Gasteiger partial charge >= 0.3 is 6.61 Å². The Morgan fingerprint density at radius 2 is 1.79 bits per heavy atom. The summed E-state index contributed by atoms with van der Waals surface area (Å²) < 4.78 is 40.1. The zero-order valence-corrected chi connectivity index (χ0v) is 16.8. The number of likely N-dealkylation sites (N-methyl/N-ethyl adjacent to an activating group) is 1. The number of anilines is 1. The van der Waals surface area contributed by atoms with Gasteiger partial charge in [-0.25, -0.2) is 0 Å². The van der Waals surface area contributed by atoms with Crippen LogP contribution >= 0.6 is 0 Å². The molecule has 29 heavy (non-hydrogen) atoms. The van der Waals surface area contributed by atoms with Crippen LogP contribution in [0.25, 0.3) is 0 Å². The molecule has 0 spiro atoms. The van der Waals surface area contributed by atoms with E-state index in [9.17, 15) is 13.6 Å². The van der Waals surface area contributed by atoms with Crippen LogP contribution in [0.5, 0.6) is 17.2 Å². The molecule has 0 aromatic heterocycles. The lowest BCUT2D eigenvalue weighted by molar-refractivity contribution is -0.0512. The highest BCUT2D eigenvalue weighted by Gasteiger charge is 2.15. The van der Waals surface area contributed by atoms with Crippen molar-refractivity contribution in [1.82, 2.24) is 4.90 Å². The molecule has 158 valence electrons. The van der Waals surface area contributed by atoms with Gasteiger partial charge in [-0.05, 0) is 43.4 Å². The molecule has 0 bridgehead atoms. The van der Waals surface area contributed by atoms with E-state index in [1.54, 1.807) is 18.2 Å². The third-order valence-corrected chi connectivity index (χ3v) is 4.34. The minimum Gasteiger partial charge on any atom is -0.493 e. The molecule has 1 N–H and O–H groups in total. The smallest absolute Gasteiger partial charge is 0.387 e. The number of nitrogens with zero attached hydrogens (tertiary/aromatic N) is 1. The summed E-state index contributed by atoms with van der Waals surface area (Å²) in [6, 6.07) is 11.1. The first-order valence-electron chi connectivity index (χ1n) is 9.36. The maximum absolute atomic E-state index is 12.6. The molecule has 0 aliphatic heterocycles. The summed E-state index contributed by atoms with van der Waals surface area (Å²) in [6.45, 7) is 4.33. The van der Waals surface area contributed by atoms with Crippen molar-refractivity contribution >= 4 is 11.6 Å².